The number of hydrogen-bond acceptors (Lipinski definition) is 6. The van der Waals surface area contributed by atoms with E-state index in [-0.39, 0.29) is 6.04 Å². The maximum atomic E-state index is 14.2. The first kappa shape index (κ1) is 19.5. The Kier molecular flexibility index (Phi) is 6.23. The van der Waals surface area contributed by atoms with Gasteiger partial charge in [0.05, 0.1) is 12.6 Å². The van der Waals surface area contributed by atoms with Crippen molar-refractivity contribution in [1.29, 1.82) is 0 Å². The summed E-state index contributed by atoms with van der Waals surface area (Å²) in [5.41, 5.74) is 0.891. The Morgan fingerprint density at radius 1 is 1.22 bits per heavy atom. The number of aromatic nitrogens is 2. The van der Waals surface area contributed by atoms with Crippen molar-refractivity contribution in [2.24, 2.45) is 0 Å². The van der Waals surface area contributed by atoms with Gasteiger partial charge >= 0.3 is 0 Å². The third-order valence-electron chi connectivity index (χ3n) is 4.88. The van der Waals surface area contributed by atoms with Gasteiger partial charge in [-0.3, -0.25) is 0 Å². The van der Waals surface area contributed by atoms with Gasteiger partial charge in [-0.15, -0.1) is 0 Å². The number of aliphatic hydroxyl groups excluding tert-OH is 1. The van der Waals surface area contributed by atoms with Gasteiger partial charge in [0.2, 0.25) is 5.95 Å². The Balaban J connectivity index is 1.66. The largest absolute Gasteiger partial charge is 0.387 e. The lowest BCUT2D eigenvalue weighted by atomic mass is 10.1. The van der Waals surface area contributed by atoms with E-state index in [9.17, 15) is 9.50 Å². The lowest BCUT2D eigenvalue weighted by Gasteiger charge is -2.30. The van der Waals surface area contributed by atoms with E-state index in [4.69, 9.17) is 0 Å². The molecule has 0 bridgehead atoms. The molecule has 1 saturated heterocycles. The maximum Gasteiger partial charge on any atom is 0.226 e. The minimum atomic E-state index is -0.875. The summed E-state index contributed by atoms with van der Waals surface area (Å²) in [6.45, 7) is 1.49. The van der Waals surface area contributed by atoms with Crippen LogP contribution in [0.25, 0.3) is 0 Å². The van der Waals surface area contributed by atoms with Gasteiger partial charge in [-0.2, -0.15) is 4.98 Å². The van der Waals surface area contributed by atoms with Crippen LogP contribution in [-0.4, -0.2) is 73.0 Å². The minimum absolute atomic E-state index is 0.0119. The van der Waals surface area contributed by atoms with Crippen molar-refractivity contribution in [3.63, 3.8) is 0 Å². The van der Waals surface area contributed by atoms with Crippen molar-refractivity contribution in [3.8, 4) is 0 Å². The van der Waals surface area contributed by atoms with Crippen molar-refractivity contribution < 1.29 is 9.50 Å². The maximum absolute atomic E-state index is 14.2. The molecule has 0 radical (unpaired) electrons. The number of alkyl halides is 1. The molecule has 0 amide bonds. The quantitative estimate of drug-likeness (QED) is 0.802. The van der Waals surface area contributed by atoms with Gasteiger partial charge < -0.3 is 19.8 Å². The summed E-state index contributed by atoms with van der Waals surface area (Å²) in [4.78, 5) is 14.7. The smallest absolute Gasteiger partial charge is 0.226 e. The first-order chi connectivity index (χ1) is 12.9. The standard InChI is InChI=1S/C20H28FN5O/c1-24(2)20-22-10-9-19(23-20)26-12-16(21)11-17(26)13-25(3)14-18(27)15-7-5-4-6-8-15/h4-10,16-18,27H,11-14H2,1-3H3/t16-,17-,18?/m0/s1. The average Bonchev–Trinajstić information content (AvgIpc) is 3.02. The highest BCUT2D eigenvalue weighted by molar-refractivity contribution is 5.45. The fourth-order valence-electron chi connectivity index (χ4n) is 3.54. The summed E-state index contributed by atoms with van der Waals surface area (Å²) in [5, 5.41) is 10.4. The molecule has 3 atom stereocenters. The summed E-state index contributed by atoms with van der Waals surface area (Å²) in [7, 11) is 5.73. The van der Waals surface area contributed by atoms with Crippen molar-refractivity contribution in [2.75, 3.05) is 50.6 Å². The van der Waals surface area contributed by atoms with Crippen LogP contribution in [0, 0.1) is 0 Å². The second kappa shape index (κ2) is 8.63. The number of halogens is 1. The number of anilines is 2. The molecule has 1 aliphatic heterocycles. The van der Waals surface area contributed by atoms with Crippen LogP contribution in [0.5, 0.6) is 0 Å². The lowest BCUT2D eigenvalue weighted by molar-refractivity contribution is 0.123. The molecule has 0 saturated carbocycles. The number of aliphatic hydroxyl groups is 1. The van der Waals surface area contributed by atoms with Gasteiger partial charge in [0.15, 0.2) is 0 Å². The van der Waals surface area contributed by atoms with Crippen LogP contribution in [0.3, 0.4) is 0 Å². The van der Waals surface area contributed by atoms with E-state index in [1.54, 1.807) is 6.20 Å². The highest BCUT2D eigenvalue weighted by Crippen LogP contribution is 2.27. The molecule has 27 heavy (non-hydrogen) atoms. The average molecular weight is 373 g/mol. The Morgan fingerprint density at radius 3 is 2.67 bits per heavy atom. The van der Waals surface area contributed by atoms with Crippen LogP contribution >= 0.6 is 0 Å². The van der Waals surface area contributed by atoms with Crippen molar-refractivity contribution in [3.05, 3.63) is 48.2 Å². The molecule has 6 nitrogen and oxygen atoms in total. The van der Waals surface area contributed by atoms with Gasteiger partial charge in [-0.05, 0) is 18.7 Å². The molecule has 1 unspecified atom stereocenters. The SMILES string of the molecule is CN(CC(O)c1ccccc1)C[C@@H]1C[C@H](F)CN1c1ccnc(N(C)C)n1. The van der Waals surface area contributed by atoms with Crippen LogP contribution in [-0.2, 0) is 0 Å². The molecular weight excluding hydrogens is 345 g/mol. The van der Waals surface area contributed by atoms with Gasteiger partial charge in [0.25, 0.3) is 0 Å². The molecule has 0 spiro atoms. The van der Waals surface area contributed by atoms with E-state index >= 15 is 0 Å². The van der Waals surface area contributed by atoms with Crippen LogP contribution in [0.1, 0.15) is 18.1 Å². The number of hydrogen-bond donors (Lipinski definition) is 1. The Labute approximate surface area is 160 Å². The third kappa shape index (κ3) is 4.93. The highest BCUT2D eigenvalue weighted by Gasteiger charge is 2.34. The molecule has 1 aromatic carbocycles. The van der Waals surface area contributed by atoms with Gasteiger partial charge in [0.1, 0.15) is 12.0 Å². The predicted molar refractivity (Wildman–Crippen MR) is 106 cm³/mol. The molecule has 2 heterocycles. The van der Waals surface area contributed by atoms with Crippen LogP contribution < -0.4 is 9.80 Å². The van der Waals surface area contributed by atoms with Gasteiger partial charge in [0, 0.05) is 45.8 Å². The minimum Gasteiger partial charge on any atom is -0.387 e. The van der Waals surface area contributed by atoms with Crippen LogP contribution in [0.2, 0.25) is 0 Å². The third-order valence-corrected chi connectivity index (χ3v) is 4.88. The molecule has 7 heteroatoms. The molecule has 2 aromatic rings. The zero-order valence-electron chi connectivity index (χ0n) is 16.2. The first-order valence-electron chi connectivity index (χ1n) is 9.26. The predicted octanol–water partition coefficient (Wildman–Crippen LogP) is 2.12. The molecule has 1 N–H and O–H groups in total. The Morgan fingerprint density at radius 2 is 1.96 bits per heavy atom. The molecular formula is C20H28FN5O. The number of likely N-dealkylation sites (N-methyl/N-ethyl adjacent to an activating group) is 1. The zero-order valence-corrected chi connectivity index (χ0v) is 16.2. The van der Waals surface area contributed by atoms with Crippen molar-refractivity contribution >= 4 is 11.8 Å². The van der Waals surface area contributed by atoms with E-state index in [1.807, 2.05) is 67.3 Å². The van der Waals surface area contributed by atoms with E-state index in [2.05, 4.69) is 14.9 Å². The highest BCUT2D eigenvalue weighted by atomic mass is 19.1. The molecule has 1 aromatic heterocycles. The fraction of sp³-hybridized carbons (Fsp3) is 0.500. The number of benzene rings is 1. The first-order valence-corrected chi connectivity index (χ1v) is 9.26. The molecule has 0 aliphatic carbocycles. The van der Waals surface area contributed by atoms with E-state index in [0.29, 0.717) is 32.0 Å². The topological polar surface area (TPSA) is 55.7 Å². The lowest BCUT2D eigenvalue weighted by Crippen LogP contribution is -2.40. The molecule has 3 rings (SSSR count). The van der Waals surface area contributed by atoms with E-state index in [1.165, 1.54) is 0 Å². The summed E-state index contributed by atoms with van der Waals surface area (Å²) < 4.78 is 14.2. The Bertz CT molecular complexity index is 729. The fourth-order valence-corrected chi connectivity index (χ4v) is 3.54. The van der Waals surface area contributed by atoms with Crippen LogP contribution in [0.15, 0.2) is 42.6 Å². The molecule has 1 aliphatic rings. The molecule has 1 fully saturated rings. The second-order valence-corrected chi connectivity index (χ2v) is 7.40. The monoisotopic (exact) mass is 373 g/mol. The van der Waals surface area contributed by atoms with Crippen molar-refractivity contribution in [2.45, 2.75) is 24.7 Å². The van der Waals surface area contributed by atoms with Gasteiger partial charge in [-0.25, -0.2) is 9.37 Å². The van der Waals surface area contributed by atoms with Gasteiger partial charge in [-0.1, -0.05) is 30.3 Å². The van der Waals surface area contributed by atoms with E-state index < -0.39 is 12.3 Å². The summed E-state index contributed by atoms with van der Waals surface area (Å²) in [6.07, 6.45) is 0.739. The van der Waals surface area contributed by atoms with Crippen LogP contribution in [0.4, 0.5) is 16.2 Å². The zero-order chi connectivity index (χ0) is 19.4. The summed E-state index contributed by atoms with van der Waals surface area (Å²) >= 11 is 0. The summed E-state index contributed by atoms with van der Waals surface area (Å²) in [6, 6.07) is 11.4. The summed E-state index contributed by atoms with van der Waals surface area (Å²) in [5.74, 6) is 1.36. The molecule has 146 valence electrons. The number of rotatable bonds is 7. The normalized spacial score (nSPS) is 20.9. The van der Waals surface area contributed by atoms with Crippen molar-refractivity contribution in [1.82, 2.24) is 14.9 Å². The second-order valence-electron chi connectivity index (χ2n) is 7.40. The number of nitrogens with zero attached hydrogens (tertiary/aromatic N) is 5. The van der Waals surface area contributed by atoms with E-state index in [0.717, 1.165) is 11.4 Å². The Hall–Kier alpha value is -2.25.